The van der Waals surface area contributed by atoms with Gasteiger partial charge in [-0.3, -0.25) is 0 Å². The van der Waals surface area contributed by atoms with Gasteiger partial charge in [-0.15, -0.1) is 11.8 Å². The van der Waals surface area contributed by atoms with Gasteiger partial charge in [0, 0.05) is 22.8 Å². The highest BCUT2D eigenvalue weighted by Gasteiger charge is 2.45. The molecule has 1 aromatic rings. The first-order valence-corrected chi connectivity index (χ1v) is 7.92. The molecular formula is C15H21F2NOS. The molecule has 0 saturated heterocycles. The zero-order valence-electron chi connectivity index (χ0n) is 11.8. The second-order valence-corrected chi connectivity index (χ2v) is 6.77. The maximum absolute atomic E-state index is 13.7. The molecule has 1 aromatic carbocycles. The summed E-state index contributed by atoms with van der Waals surface area (Å²) in [4.78, 5) is 0.426. The summed E-state index contributed by atoms with van der Waals surface area (Å²) in [7, 11) is 0. The standard InChI is InChI=1S/C15H21F2NOS/c1-10(2)18-15(8-19,11-3-4-11)9-20-14-6-5-12(16)7-13(14)17/h5-7,10-11,18-19H,3-4,8-9H2,1-2H3. The SMILES string of the molecule is CC(C)NC(CO)(CSc1ccc(F)cc1F)C1CC1. The molecule has 1 fully saturated rings. The molecule has 2 nitrogen and oxygen atoms in total. The van der Waals surface area contributed by atoms with Crippen molar-refractivity contribution in [3.63, 3.8) is 0 Å². The molecule has 0 aromatic heterocycles. The molecule has 20 heavy (non-hydrogen) atoms. The van der Waals surface area contributed by atoms with E-state index in [1.165, 1.54) is 23.9 Å². The monoisotopic (exact) mass is 301 g/mol. The van der Waals surface area contributed by atoms with E-state index in [-0.39, 0.29) is 18.2 Å². The van der Waals surface area contributed by atoms with Gasteiger partial charge < -0.3 is 10.4 Å². The van der Waals surface area contributed by atoms with Gasteiger partial charge in [-0.1, -0.05) is 13.8 Å². The molecule has 0 amide bonds. The van der Waals surface area contributed by atoms with E-state index in [0.717, 1.165) is 18.9 Å². The molecule has 0 radical (unpaired) electrons. The van der Waals surface area contributed by atoms with E-state index in [1.54, 1.807) is 0 Å². The lowest BCUT2D eigenvalue weighted by Crippen LogP contribution is -2.55. The molecule has 5 heteroatoms. The number of aliphatic hydroxyl groups is 1. The van der Waals surface area contributed by atoms with Crippen LogP contribution in [0.1, 0.15) is 26.7 Å². The summed E-state index contributed by atoms with van der Waals surface area (Å²) in [5, 5.41) is 13.2. The lowest BCUT2D eigenvalue weighted by molar-refractivity contribution is 0.150. The van der Waals surface area contributed by atoms with Gasteiger partial charge >= 0.3 is 0 Å². The minimum absolute atomic E-state index is 0.0334. The van der Waals surface area contributed by atoms with Crippen LogP contribution in [0.25, 0.3) is 0 Å². The molecule has 2 rings (SSSR count). The Kier molecular flexibility index (Phi) is 5.04. The first-order valence-electron chi connectivity index (χ1n) is 6.93. The number of benzene rings is 1. The summed E-state index contributed by atoms with van der Waals surface area (Å²) < 4.78 is 26.6. The van der Waals surface area contributed by atoms with Crippen molar-refractivity contribution < 1.29 is 13.9 Å². The maximum Gasteiger partial charge on any atom is 0.139 e. The Labute approximate surface area is 123 Å². The van der Waals surface area contributed by atoms with E-state index < -0.39 is 11.6 Å². The highest BCUT2D eigenvalue weighted by atomic mass is 32.2. The first-order chi connectivity index (χ1) is 9.47. The maximum atomic E-state index is 13.7. The summed E-state index contributed by atoms with van der Waals surface area (Å²) >= 11 is 1.33. The average Bonchev–Trinajstić information content (AvgIpc) is 3.20. The van der Waals surface area contributed by atoms with Crippen molar-refractivity contribution in [2.45, 2.75) is 43.2 Å². The predicted octanol–water partition coefficient (Wildman–Crippen LogP) is 3.20. The second kappa shape index (κ2) is 6.41. The fourth-order valence-corrected chi connectivity index (χ4v) is 3.69. The van der Waals surface area contributed by atoms with Crippen LogP contribution in [-0.2, 0) is 0 Å². The molecule has 2 N–H and O–H groups in total. The first kappa shape index (κ1) is 15.7. The molecule has 112 valence electrons. The summed E-state index contributed by atoms with van der Waals surface area (Å²) in [6.07, 6.45) is 2.18. The fourth-order valence-electron chi connectivity index (χ4n) is 2.51. The highest BCUT2D eigenvalue weighted by Crippen LogP contribution is 2.42. The summed E-state index contributed by atoms with van der Waals surface area (Å²) in [6, 6.07) is 3.87. The van der Waals surface area contributed by atoms with Crippen molar-refractivity contribution in [2.24, 2.45) is 5.92 Å². The number of nitrogens with one attached hydrogen (secondary N) is 1. The molecule has 1 unspecified atom stereocenters. The third-order valence-corrected chi connectivity index (χ3v) is 4.90. The van der Waals surface area contributed by atoms with Crippen LogP contribution in [0.3, 0.4) is 0 Å². The topological polar surface area (TPSA) is 32.3 Å². The van der Waals surface area contributed by atoms with E-state index in [9.17, 15) is 13.9 Å². The summed E-state index contributed by atoms with van der Waals surface area (Å²) in [5.41, 5.74) is -0.375. The van der Waals surface area contributed by atoms with Crippen molar-refractivity contribution >= 4 is 11.8 Å². The molecule has 0 aliphatic heterocycles. The van der Waals surface area contributed by atoms with Gasteiger partial charge in [-0.2, -0.15) is 0 Å². The van der Waals surface area contributed by atoms with Crippen molar-refractivity contribution in [2.75, 3.05) is 12.4 Å². The van der Waals surface area contributed by atoms with Crippen molar-refractivity contribution in [1.82, 2.24) is 5.32 Å². The van der Waals surface area contributed by atoms with Gasteiger partial charge in [0.2, 0.25) is 0 Å². The molecule has 0 spiro atoms. The average molecular weight is 301 g/mol. The van der Waals surface area contributed by atoms with Crippen LogP contribution in [0.15, 0.2) is 23.1 Å². The molecule has 1 aliphatic rings. The molecule has 1 aliphatic carbocycles. The largest absolute Gasteiger partial charge is 0.394 e. The number of rotatable bonds is 7. The zero-order chi connectivity index (χ0) is 14.8. The van der Waals surface area contributed by atoms with Crippen LogP contribution in [0, 0.1) is 17.6 Å². The van der Waals surface area contributed by atoms with Gasteiger partial charge in [-0.25, -0.2) is 8.78 Å². The van der Waals surface area contributed by atoms with Gasteiger partial charge in [-0.05, 0) is 30.9 Å². The normalized spacial score (nSPS) is 18.3. The number of hydrogen-bond donors (Lipinski definition) is 2. The number of hydrogen-bond acceptors (Lipinski definition) is 3. The van der Waals surface area contributed by atoms with Crippen molar-refractivity contribution in [3.8, 4) is 0 Å². The predicted molar refractivity (Wildman–Crippen MR) is 77.9 cm³/mol. The van der Waals surface area contributed by atoms with Gasteiger partial charge in [0.15, 0.2) is 0 Å². The van der Waals surface area contributed by atoms with Crippen LogP contribution in [-0.4, -0.2) is 29.0 Å². The quantitative estimate of drug-likeness (QED) is 0.759. The van der Waals surface area contributed by atoms with Crippen LogP contribution in [0.5, 0.6) is 0 Å². The Balaban J connectivity index is 2.08. The number of aliphatic hydroxyl groups excluding tert-OH is 1. The van der Waals surface area contributed by atoms with Gasteiger partial charge in [0.25, 0.3) is 0 Å². The van der Waals surface area contributed by atoms with E-state index >= 15 is 0 Å². The number of thioether (sulfide) groups is 1. The highest BCUT2D eigenvalue weighted by molar-refractivity contribution is 7.99. The minimum atomic E-state index is -0.567. The summed E-state index contributed by atoms with van der Waals surface area (Å²) in [6.45, 7) is 4.11. The lowest BCUT2D eigenvalue weighted by atomic mass is 9.95. The van der Waals surface area contributed by atoms with E-state index in [1.807, 2.05) is 13.8 Å². The van der Waals surface area contributed by atoms with Crippen LogP contribution in [0.2, 0.25) is 0 Å². The third-order valence-electron chi connectivity index (χ3n) is 3.60. The Morgan fingerprint density at radius 1 is 1.40 bits per heavy atom. The molecular weight excluding hydrogens is 280 g/mol. The Bertz CT molecular complexity index is 465. The Morgan fingerprint density at radius 3 is 2.60 bits per heavy atom. The van der Waals surface area contributed by atoms with Crippen molar-refractivity contribution in [1.29, 1.82) is 0 Å². The van der Waals surface area contributed by atoms with E-state index in [2.05, 4.69) is 5.32 Å². The van der Waals surface area contributed by atoms with Crippen molar-refractivity contribution in [3.05, 3.63) is 29.8 Å². The van der Waals surface area contributed by atoms with E-state index in [0.29, 0.717) is 16.6 Å². The second-order valence-electron chi connectivity index (χ2n) is 5.75. The lowest BCUT2D eigenvalue weighted by Gasteiger charge is -2.35. The Morgan fingerprint density at radius 2 is 2.10 bits per heavy atom. The molecule has 0 bridgehead atoms. The van der Waals surface area contributed by atoms with Crippen LogP contribution >= 0.6 is 11.8 Å². The van der Waals surface area contributed by atoms with E-state index in [4.69, 9.17) is 0 Å². The zero-order valence-corrected chi connectivity index (χ0v) is 12.6. The fraction of sp³-hybridized carbons (Fsp3) is 0.600. The smallest absolute Gasteiger partial charge is 0.139 e. The summed E-state index contributed by atoms with van der Waals surface area (Å²) in [5.74, 6) is -0.0922. The van der Waals surface area contributed by atoms with Crippen LogP contribution in [0.4, 0.5) is 8.78 Å². The van der Waals surface area contributed by atoms with Gasteiger partial charge in [0.05, 0.1) is 12.1 Å². The Hall–Kier alpha value is -0.650. The number of halogens is 2. The third kappa shape index (κ3) is 3.71. The minimum Gasteiger partial charge on any atom is -0.394 e. The molecule has 1 atom stereocenters. The molecule has 1 saturated carbocycles. The molecule has 0 heterocycles. The van der Waals surface area contributed by atoms with Crippen LogP contribution < -0.4 is 5.32 Å². The van der Waals surface area contributed by atoms with Gasteiger partial charge in [0.1, 0.15) is 11.6 Å².